The molecule has 0 spiro atoms. The molecule has 12 heteroatoms. The van der Waals surface area contributed by atoms with E-state index in [2.05, 4.69) is 35.2 Å². The van der Waals surface area contributed by atoms with Gasteiger partial charge in [-0.2, -0.15) is 5.10 Å². The van der Waals surface area contributed by atoms with Crippen molar-refractivity contribution in [2.24, 2.45) is 0 Å². The van der Waals surface area contributed by atoms with Gasteiger partial charge in [0.2, 0.25) is 5.91 Å². The van der Waals surface area contributed by atoms with E-state index in [0.717, 1.165) is 53.7 Å². The molecule has 2 aliphatic heterocycles. The minimum Gasteiger partial charge on any atom is -0.372 e. The topological polar surface area (TPSA) is 119 Å². The van der Waals surface area contributed by atoms with E-state index < -0.39 is 0 Å². The Morgan fingerprint density at radius 3 is 2.72 bits per heavy atom. The fourth-order valence-electron chi connectivity index (χ4n) is 5.15. The zero-order valence-corrected chi connectivity index (χ0v) is 22.8. The van der Waals surface area contributed by atoms with E-state index in [-0.39, 0.29) is 14.7 Å². The molecule has 39 heavy (non-hydrogen) atoms. The summed E-state index contributed by atoms with van der Waals surface area (Å²) in [5.74, 6) is 0.546. The summed E-state index contributed by atoms with van der Waals surface area (Å²) in [5.41, 5.74) is 3.23. The van der Waals surface area contributed by atoms with Gasteiger partial charge in [-0.1, -0.05) is 19.3 Å². The maximum Gasteiger partial charge on any atom is 0.260 e. The molecule has 2 aliphatic rings. The summed E-state index contributed by atoms with van der Waals surface area (Å²) in [6.07, 6.45) is 12.9. The van der Waals surface area contributed by atoms with Gasteiger partial charge >= 0.3 is 0 Å². The van der Waals surface area contributed by atoms with Crippen LogP contribution in [0.15, 0.2) is 30.9 Å². The minimum atomic E-state index is -0.281. The quantitative estimate of drug-likeness (QED) is 0.363. The number of aryl methyl sites for hydroxylation is 1. The van der Waals surface area contributed by atoms with E-state index in [1.165, 1.54) is 30.6 Å². The summed E-state index contributed by atoms with van der Waals surface area (Å²) >= 11 is 1.50. The lowest BCUT2D eigenvalue weighted by molar-refractivity contribution is -0.117. The third kappa shape index (κ3) is 5.58. The highest BCUT2D eigenvalue weighted by molar-refractivity contribution is 7.21. The third-order valence-corrected chi connectivity index (χ3v) is 8.39. The molecular formula is C27H36N8O3S. The third-order valence-electron chi connectivity index (χ3n) is 7.26. The van der Waals surface area contributed by atoms with Crippen LogP contribution in [0.25, 0.3) is 15.4 Å². The molecule has 0 saturated carbocycles. The number of fused-ring (bicyclic) bond motifs is 2. The van der Waals surface area contributed by atoms with Gasteiger partial charge in [-0.05, 0) is 38.9 Å². The van der Waals surface area contributed by atoms with Gasteiger partial charge in [-0.25, -0.2) is 9.50 Å². The van der Waals surface area contributed by atoms with Gasteiger partial charge in [0.05, 0.1) is 64.9 Å². The Hall–Kier alpha value is -3.61. The first-order chi connectivity index (χ1) is 19.0. The van der Waals surface area contributed by atoms with E-state index in [1.807, 2.05) is 19.3 Å². The van der Waals surface area contributed by atoms with Crippen LogP contribution in [0.3, 0.4) is 0 Å². The highest BCUT2D eigenvalue weighted by atomic mass is 32.1. The number of carbonyl (C=O) groups is 2. The Kier molecular flexibility index (Phi) is 7.40. The Bertz CT molecular complexity index is 1510. The number of hydrogen-bond acceptors (Lipinski definition) is 8. The molecule has 208 valence electrons. The highest BCUT2D eigenvalue weighted by Crippen LogP contribution is 2.32. The number of hydrogen-bond donors (Lipinski definition) is 2. The number of anilines is 2. The second-order valence-corrected chi connectivity index (χ2v) is 11.1. The second kappa shape index (κ2) is 11.2. The maximum absolute atomic E-state index is 13.3. The monoisotopic (exact) mass is 552 g/mol. The molecule has 1 fully saturated rings. The Labute approximate surface area is 233 Å². The molecule has 1 saturated heterocycles. The van der Waals surface area contributed by atoms with Crippen LogP contribution in [0.4, 0.5) is 11.4 Å². The van der Waals surface area contributed by atoms with Crippen LogP contribution >= 0.6 is 11.3 Å². The number of nitrogens with one attached hydrogen (secondary N) is 2. The summed E-state index contributed by atoms with van der Waals surface area (Å²) in [6, 6.07) is 1.76. The number of ether oxygens (including phenoxy) is 1. The highest BCUT2D eigenvalue weighted by Gasteiger charge is 2.21. The van der Waals surface area contributed by atoms with Crippen molar-refractivity contribution in [3.8, 4) is 10.6 Å². The van der Waals surface area contributed by atoms with Crippen LogP contribution in [0, 0.1) is 6.92 Å². The van der Waals surface area contributed by atoms with Gasteiger partial charge in [0, 0.05) is 15.6 Å². The fourth-order valence-corrected chi connectivity index (χ4v) is 6.22. The van der Waals surface area contributed by atoms with Crippen LogP contribution in [-0.4, -0.2) is 67.1 Å². The summed E-state index contributed by atoms with van der Waals surface area (Å²) in [6.45, 7) is 5.98. The van der Waals surface area contributed by atoms with Crippen LogP contribution in [-0.2, 0) is 22.7 Å². The molecule has 4 aromatic rings. The van der Waals surface area contributed by atoms with Gasteiger partial charge in [-0.3, -0.25) is 19.5 Å². The molecular weight excluding hydrogens is 516 g/mol. The summed E-state index contributed by atoms with van der Waals surface area (Å²) in [4.78, 5) is 38.9. The number of imidazole rings is 1. The van der Waals surface area contributed by atoms with Crippen molar-refractivity contribution in [2.75, 3.05) is 36.9 Å². The van der Waals surface area contributed by atoms with E-state index in [9.17, 15) is 9.59 Å². The van der Waals surface area contributed by atoms with E-state index in [4.69, 9.17) is 4.74 Å². The predicted molar refractivity (Wildman–Crippen MR) is 153 cm³/mol. The SMILES string of the molecule is Cc1ncc(NC(=O)CN2CCCCCCC2)cc1NC(=O)c1cnn2cc(-c3cnc4n3CCOC4)sc12.[HH].[HH]. The number of carbonyl (C=O) groups excluding carboxylic acids is 2. The Balaban J connectivity index is 0.00000194. The normalized spacial score (nSPS) is 16.4. The first-order valence-electron chi connectivity index (χ1n) is 13.4. The number of aromatic nitrogens is 5. The minimum absolute atomic E-state index is 0. The number of rotatable bonds is 6. The Morgan fingerprint density at radius 1 is 1.05 bits per heavy atom. The molecule has 6 rings (SSSR count). The van der Waals surface area contributed by atoms with Crippen LogP contribution in [0.2, 0.25) is 0 Å². The number of pyridine rings is 1. The lowest BCUT2D eigenvalue weighted by atomic mass is 10.1. The average Bonchev–Trinajstić information content (AvgIpc) is 3.61. The zero-order valence-electron chi connectivity index (χ0n) is 22.0. The van der Waals surface area contributed by atoms with Crippen molar-refractivity contribution in [3.05, 3.63) is 47.9 Å². The molecule has 0 aliphatic carbocycles. The van der Waals surface area contributed by atoms with Crippen LogP contribution < -0.4 is 10.6 Å². The molecule has 0 bridgehead atoms. The number of nitrogens with zero attached hydrogens (tertiary/aromatic N) is 6. The average molecular weight is 553 g/mol. The summed E-state index contributed by atoms with van der Waals surface area (Å²) in [5, 5.41) is 10.3. The number of thiazole rings is 1. The van der Waals surface area contributed by atoms with Crippen molar-refractivity contribution in [3.63, 3.8) is 0 Å². The Morgan fingerprint density at radius 2 is 1.87 bits per heavy atom. The fraction of sp³-hybridized carbons (Fsp3) is 0.444. The van der Waals surface area contributed by atoms with Crippen LogP contribution in [0.5, 0.6) is 0 Å². The predicted octanol–water partition coefficient (Wildman–Crippen LogP) is 4.44. The first kappa shape index (κ1) is 25.7. The molecule has 0 radical (unpaired) electrons. The molecule has 2 N–H and O–H groups in total. The standard InChI is InChI=1S/C27H32N8O3S.2H2/c1-18-21(11-19(12-28-18)31-25(36)16-33-7-5-3-2-4-6-8-33)32-26(37)20-13-30-35-15-23(39-27(20)35)22-14-29-24-17-38-10-9-34(22)24;;/h11-15H,2-10,16-17H2,1H3,(H,31,36)(H,32,37);2*1H. The van der Waals surface area contributed by atoms with Crippen molar-refractivity contribution in [1.29, 1.82) is 0 Å². The van der Waals surface area contributed by atoms with Crippen molar-refractivity contribution >= 4 is 39.4 Å². The van der Waals surface area contributed by atoms with Gasteiger partial charge < -0.3 is 19.9 Å². The number of amides is 2. The molecule has 11 nitrogen and oxygen atoms in total. The molecule has 4 aromatic heterocycles. The second-order valence-electron chi connectivity index (χ2n) is 10.1. The van der Waals surface area contributed by atoms with Gasteiger partial charge in [0.15, 0.2) is 0 Å². The zero-order chi connectivity index (χ0) is 26.8. The van der Waals surface area contributed by atoms with E-state index in [0.29, 0.717) is 42.4 Å². The number of likely N-dealkylation sites (tertiary alicyclic amines) is 1. The van der Waals surface area contributed by atoms with E-state index >= 15 is 0 Å². The van der Waals surface area contributed by atoms with Crippen LogP contribution in [0.1, 0.15) is 56.8 Å². The lowest BCUT2D eigenvalue weighted by Crippen LogP contribution is -2.35. The molecule has 6 heterocycles. The molecule has 2 amide bonds. The largest absolute Gasteiger partial charge is 0.372 e. The van der Waals surface area contributed by atoms with Gasteiger partial charge in [-0.15, -0.1) is 11.3 Å². The smallest absolute Gasteiger partial charge is 0.260 e. The summed E-state index contributed by atoms with van der Waals surface area (Å²) < 4.78 is 9.37. The van der Waals surface area contributed by atoms with Gasteiger partial charge in [0.25, 0.3) is 5.91 Å². The molecule has 0 atom stereocenters. The molecule has 0 aromatic carbocycles. The van der Waals surface area contributed by atoms with Crippen molar-refractivity contribution in [2.45, 2.75) is 52.2 Å². The van der Waals surface area contributed by atoms with Gasteiger partial charge in [0.1, 0.15) is 17.3 Å². The first-order valence-corrected chi connectivity index (χ1v) is 14.3. The summed E-state index contributed by atoms with van der Waals surface area (Å²) in [7, 11) is 0. The van der Waals surface area contributed by atoms with E-state index in [1.54, 1.807) is 23.0 Å². The van der Waals surface area contributed by atoms with Crippen molar-refractivity contribution < 1.29 is 17.2 Å². The van der Waals surface area contributed by atoms with Crippen molar-refractivity contribution in [1.82, 2.24) is 29.0 Å². The maximum atomic E-state index is 13.3. The lowest BCUT2D eigenvalue weighted by Gasteiger charge is -2.23. The molecule has 0 unspecified atom stereocenters.